The lowest BCUT2D eigenvalue weighted by atomic mass is 10.1. The molecule has 0 amide bonds. The zero-order chi connectivity index (χ0) is 18.5. The minimum Gasteiger partial charge on any atom is -0.396 e. The molecule has 1 aliphatic heterocycles. The summed E-state index contributed by atoms with van der Waals surface area (Å²) in [5.74, 6) is 0.586. The van der Waals surface area contributed by atoms with E-state index in [9.17, 15) is 15.3 Å². The molecule has 26 heavy (non-hydrogen) atoms. The Morgan fingerprint density at radius 3 is 2.58 bits per heavy atom. The first-order chi connectivity index (χ1) is 12.7. The van der Waals surface area contributed by atoms with Crippen LogP contribution < -0.4 is 5.32 Å². The SMILES string of the molecule is OCCCCCCNc1ncnc2c1ncn2[C@H]1O[C@@H](CO)[C@@H](O)[C@@H]1O. The summed E-state index contributed by atoms with van der Waals surface area (Å²) in [4.78, 5) is 12.7. The van der Waals surface area contributed by atoms with E-state index >= 15 is 0 Å². The van der Waals surface area contributed by atoms with Crippen LogP contribution in [0, 0.1) is 0 Å². The highest BCUT2D eigenvalue weighted by Gasteiger charge is 2.44. The minimum atomic E-state index is -1.19. The van der Waals surface area contributed by atoms with Crippen molar-refractivity contribution in [3.8, 4) is 0 Å². The number of aromatic nitrogens is 4. The molecular weight excluding hydrogens is 342 g/mol. The Kier molecular flexibility index (Phi) is 6.33. The van der Waals surface area contributed by atoms with Crippen molar-refractivity contribution < 1.29 is 25.2 Å². The predicted molar refractivity (Wildman–Crippen MR) is 92.4 cm³/mol. The zero-order valence-electron chi connectivity index (χ0n) is 14.4. The molecule has 0 aromatic carbocycles. The van der Waals surface area contributed by atoms with Gasteiger partial charge in [-0.1, -0.05) is 12.8 Å². The Morgan fingerprint density at radius 2 is 1.85 bits per heavy atom. The Balaban J connectivity index is 1.71. The topological polar surface area (TPSA) is 146 Å². The molecule has 3 rings (SSSR count). The number of aliphatic hydroxyl groups excluding tert-OH is 4. The van der Waals surface area contributed by atoms with Crippen molar-refractivity contribution in [2.45, 2.75) is 50.2 Å². The minimum absolute atomic E-state index is 0.221. The highest BCUT2D eigenvalue weighted by molar-refractivity contribution is 5.82. The molecule has 144 valence electrons. The van der Waals surface area contributed by atoms with Gasteiger partial charge in [-0.2, -0.15) is 0 Å². The molecular formula is C16H25N5O5. The lowest BCUT2D eigenvalue weighted by Gasteiger charge is -2.16. The van der Waals surface area contributed by atoms with E-state index in [1.165, 1.54) is 17.2 Å². The molecule has 0 radical (unpaired) electrons. The van der Waals surface area contributed by atoms with Crippen molar-refractivity contribution in [2.24, 2.45) is 0 Å². The van der Waals surface area contributed by atoms with Gasteiger partial charge in [0.15, 0.2) is 23.2 Å². The highest BCUT2D eigenvalue weighted by atomic mass is 16.6. The summed E-state index contributed by atoms with van der Waals surface area (Å²) in [6, 6.07) is 0. The first-order valence-electron chi connectivity index (χ1n) is 8.82. The quantitative estimate of drug-likeness (QED) is 0.367. The summed E-state index contributed by atoms with van der Waals surface area (Å²) < 4.78 is 7.07. The Morgan fingerprint density at radius 1 is 1.04 bits per heavy atom. The number of rotatable bonds is 9. The number of anilines is 1. The van der Waals surface area contributed by atoms with Gasteiger partial charge in [-0.05, 0) is 12.8 Å². The number of hydrogen-bond donors (Lipinski definition) is 5. The molecule has 1 aliphatic rings. The molecule has 2 aromatic heterocycles. The highest BCUT2D eigenvalue weighted by Crippen LogP contribution is 2.32. The van der Waals surface area contributed by atoms with E-state index < -0.39 is 24.5 Å². The van der Waals surface area contributed by atoms with E-state index in [2.05, 4.69) is 20.3 Å². The number of imidazole rings is 1. The van der Waals surface area contributed by atoms with Crippen molar-refractivity contribution in [2.75, 3.05) is 25.1 Å². The van der Waals surface area contributed by atoms with Gasteiger partial charge in [0, 0.05) is 13.2 Å². The second kappa shape index (κ2) is 8.69. The largest absolute Gasteiger partial charge is 0.396 e. The van der Waals surface area contributed by atoms with Crippen LogP contribution in [0.4, 0.5) is 5.82 Å². The predicted octanol–water partition coefficient (Wildman–Crippen LogP) is -0.598. The third kappa shape index (κ3) is 3.79. The van der Waals surface area contributed by atoms with Gasteiger partial charge < -0.3 is 30.5 Å². The molecule has 10 nitrogen and oxygen atoms in total. The molecule has 0 spiro atoms. The van der Waals surface area contributed by atoms with E-state index in [4.69, 9.17) is 9.84 Å². The first-order valence-corrected chi connectivity index (χ1v) is 8.82. The maximum absolute atomic E-state index is 10.2. The van der Waals surface area contributed by atoms with E-state index in [0.29, 0.717) is 17.0 Å². The van der Waals surface area contributed by atoms with Crippen LogP contribution in [0.15, 0.2) is 12.7 Å². The van der Waals surface area contributed by atoms with Crippen LogP contribution in [0.5, 0.6) is 0 Å². The second-order valence-corrected chi connectivity index (χ2v) is 6.34. The first kappa shape index (κ1) is 18.9. The van der Waals surface area contributed by atoms with E-state index in [0.717, 1.165) is 32.2 Å². The van der Waals surface area contributed by atoms with Crippen LogP contribution in [-0.4, -0.2) is 78.0 Å². The third-order valence-corrected chi connectivity index (χ3v) is 4.53. The Bertz CT molecular complexity index is 711. The molecule has 0 saturated carbocycles. The summed E-state index contributed by atoms with van der Waals surface area (Å²) in [5.41, 5.74) is 1.01. The summed E-state index contributed by atoms with van der Waals surface area (Å²) in [6.07, 6.45) is 2.52. The maximum Gasteiger partial charge on any atom is 0.167 e. The molecule has 0 bridgehead atoms. The monoisotopic (exact) mass is 367 g/mol. The van der Waals surface area contributed by atoms with E-state index in [1.54, 1.807) is 0 Å². The maximum atomic E-state index is 10.2. The summed E-state index contributed by atoms with van der Waals surface area (Å²) in [6.45, 7) is 0.552. The molecule has 0 aliphatic carbocycles. The zero-order valence-corrected chi connectivity index (χ0v) is 14.4. The summed E-state index contributed by atoms with van der Waals surface area (Å²) in [7, 11) is 0. The normalized spacial score (nSPS) is 25.8. The summed E-state index contributed by atoms with van der Waals surface area (Å²) >= 11 is 0. The van der Waals surface area contributed by atoms with Crippen LogP contribution in [0.1, 0.15) is 31.9 Å². The van der Waals surface area contributed by atoms with Gasteiger partial charge in [0.25, 0.3) is 0 Å². The van der Waals surface area contributed by atoms with Gasteiger partial charge >= 0.3 is 0 Å². The summed E-state index contributed by atoms with van der Waals surface area (Å²) in [5, 5.41) is 41.4. The van der Waals surface area contributed by atoms with Gasteiger partial charge in [0.1, 0.15) is 24.6 Å². The Labute approximate surface area is 150 Å². The lowest BCUT2D eigenvalue weighted by molar-refractivity contribution is -0.0511. The molecule has 3 heterocycles. The molecule has 4 atom stereocenters. The number of ether oxygens (including phenoxy) is 1. The van der Waals surface area contributed by atoms with Crippen molar-refractivity contribution in [1.29, 1.82) is 0 Å². The van der Waals surface area contributed by atoms with Gasteiger partial charge in [-0.25, -0.2) is 15.0 Å². The number of fused-ring (bicyclic) bond motifs is 1. The van der Waals surface area contributed by atoms with Crippen molar-refractivity contribution in [1.82, 2.24) is 19.5 Å². The van der Waals surface area contributed by atoms with Gasteiger partial charge in [-0.15, -0.1) is 0 Å². The Hall–Kier alpha value is -1.85. The fourth-order valence-corrected chi connectivity index (χ4v) is 3.07. The van der Waals surface area contributed by atoms with Gasteiger partial charge in [0.2, 0.25) is 0 Å². The van der Waals surface area contributed by atoms with E-state index in [-0.39, 0.29) is 13.2 Å². The molecule has 1 saturated heterocycles. The number of nitrogens with one attached hydrogen (secondary N) is 1. The number of aliphatic hydroxyl groups is 4. The second-order valence-electron chi connectivity index (χ2n) is 6.34. The third-order valence-electron chi connectivity index (χ3n) is 4.53. The molecule has 10 heteroatoms. The van der Waals surface area contributed by atoms with Crippen LogP contribution in [0.2, 0.25) is 0 Å². The smallest absolute Gasteiger partial charge is 0.167 e. The van der Waals surface area contributed by atoms with Gasteiger partial charge in [-0.3, -0.25) is 4.57 Å². The molecule has 0 unspecified atom stereocenters. The molecule has 5 N–H and O–H groups in total. The fraction of sp³-hybridized carbons (Fsp3) is 0.688. The number of unbranched alkanes of at least 4 members (excludes halogenated alkanes) is 3. The van der Waals surface area contributed by atoms with Crippen LogP contribution >= 0.6 is 0 Å². The van der Waals surface area contributed by atoms with Crippen LogP contribution in [0.25, 0.3) is 11.2 Å². The number of nitrogens with zero attached hydrogens (tertiary/aromatic N) is 4. The van der Waals surface area contributed by atoms with Crippen molar-refractivity contribution in [3.05, 3.63) is 12.7 Å². The average Bonchev–Trinajstić information content (AvgIpc) is 3.20. The molecule has 2 aromatic rings. The van der Waals surface area contributed by atoms with Crippen LogP contribution in [0.3, 0.4) is 0 Å². The lowest BCUT2D eigenvalue weighted by Crippen LogP contribution is -2.33. The average molecular weight is 367 g/mol. The van der Waals surface area contributed by atoms with Crippen LogP contribution in [-0.2, 0) is 4.74 Å². The fourth-order valence-electron chi connectivity index (χ4n) is 3.07. The standard InChI is InChI=1S/C16H25N5O5/c22-6-4-2-1-3-5-17-14-11-15(19-8-18-14)21(9-20-11)16-13(25)12(24)10(7-23)26-16/h8-10,12-13,16,22-25H,1-7H2,(H,17,18,19)/t10-,12+,13-,16-/m0/s1. The van der Waals surface area contributed by atoms with E-state index in [1.807, 2.05) is 0 Å². The van der Waals surface area contributed by atoms with Crippen molar-refractivity contribution >= 4 is 17.0 Å². The van der Waals surface area contributed by atoms with Crippen molar-refractivity contribution in [3.63, 3.8) is 0 Å². The number of hydrogen-bond acceptors (Lipinski definition) is 9. The van der Waals surface area contributed by atoms with Gasteiger partial charge in [0.05, 0.1) is 12.9 Å². The molecule has 1 fully saturated rings.